The second-order valence-corrected chi connectivity index (χ2v) is 8.26. The largest absolute Gasteiger partial charge is 0.573 e. The van der Waals surface area contributed by atoms with Crippen molar-refractivity contribution >= 4 is 23.2 Å². The van der Waals surface area contributed by atoms with Gasteiger partial charge in [-0.25, -0.2) is 0 Å². The lowest BCUT2D eigenvalue weighted by molar-refractivity contribution is -0.274. The van der Waals surface area contributed by atoms with Crippen LogP contribution in [0, 0.1) is 11.3 Å². The Morgan fingerprint density at radius 2 is 1.73 bits per heavy atom. The quantitative estimate of drug-likeness (QED) is 0.558. The third kappa shape index (κ3) is 5.54. The minimum absolute atomic E-state index is 0.0946. The molecule has 0 spiro atoms. The molecule has 1 aliphatic carbocycles. The molecule has 0 N–H and O–H groups in total. The number of hydrogen-bond donors (Lipinski definition) is 0. The lowest BCUT2D eigenvalue weighted by Crippen LogP contribution is -2.17. The van der Waals surface area contributed by atoms with E-state index in [2.05, 4.69) is 18.6 Å². The molecule has 0 saturated heterocycles. The standard InChI is InChI=1S/C16H19Cl2F3O/c1-14(2,9-12-10-15(12,17)18)8-7-11-3-5-13(6-4-11)22-16(19,20)21/h3-6,12H,7-10H2,1-2H3. The summed E-state index contributed by atoms with van der Waals surface area (Å²) in [4.78, 5) is 0. The van der Waals surface area contributed by atoms with Gasteiger partial charge in [0.1, 0.15) is 10.1 Å². The highest BCUT2D eigenvalue weighted by atomic mass is 35.5. The summed E-state index contributed by atoms with van der Waals surface area (Å²) in [6.45, 7) is 4.33. The molecular weight excluding hydrogens is 336 g/mol. The molecule has 0 aromatic heterocycles. The van der Waals surface area contributed by atoms with Gasteiger partial charge < -0.3 is 4.74 Å². The van der Waals surface area contributed by atoms with Crippen molar-refractivity contribution in [2.75, 3.05) is 0 Å². The van der Waals surface area contributed by atoms with Crippen LogP contribution in [-0.2, 0) is 6.42 Å². The highest BCUT2D eigenvalue weighted by molar-refractivity contribution is 6.50. The fourth-order valence-corrected chi connectivity index (χ4v) is 3.13. The molecule has 0 bridgehead atoms. The molecule has 6 heteroatoms. The number of halogens is 5. The topological polar surface area (TPSA) is 9.23 Å². The summed E-state index contributed by atoms with van der Waals surface area (Å²) in [6.07, 6.45) is -1.14. The van der Waals surface area contributed by atoms with E-state index in [1.54, 1.807) is 12.1 Å². The first kappa shape index (κ1) is 17.7. The van der Waals surface area contributed by atoms with Crippen molar-refractivity contribution in [3.63, 3.8) is 0 Å². The molecule has 1 aliphatic rings. The van der Waals surface area contributed by atoms with Crippen molar-refractivity contribution in [3.8, 4) is 5.75 Å². The summed E-state index contributed by atoms with van der Waals surface area (Å²) in [5, 5.41) is 0. The third-order valence-electron chi connectivity index (χ3n) is 4.00. The third-order valence-corrected chi connectivity index (χ3v) is 4.93. The van der Waals surface area contributed by atoms with Crippen LogP contribution in [0.4, 0.5) is 13.2 Å². The first-order valence-electron chi connectivity index (χ1n) is 7.19. The Balaban J connectivity index is 1.83. The SMILES string of the molecule is CC(C)(CCc1ccc(OC(F)(F)F)cc1)CC1CC1(Cl)Cl. The van der Waals surface area contributed by atoms with Gasteiger partial charge in [-0.05, 0) is 54.7 Å². The van der Waals surface area contributed by atoms with Crippen molar-refractivity contribution in [1.82, 2.24) is 0 Å². The Labute approximate surface area is 138 Å². The summed E-state index contributed by atoms with van der Waals surface area (Å²) in [5.74, 6) is 0.149. The first-order chi connectivity index (χ1) is 9.97. The summed E-state index contributed by atoms with van der Waals surface area (Å²) >= 11 is 12.1. The molecular formula is C16H19Cl2F3O. The molecule has 0 heterocycles. The average Bonchev–Trinajstić information content (AvgIpc) is 2.92. The number of hydrogen-bond acceptors (Lipinski definition) is 1. The van der Waals surface area contributed by atoms with Crippen LogP contribution in [0.5, 0.6) is 5.75 Å². The minimum atomic E-state index is -4.65. The van der Waals surface area contributed by atoms with E-state index in [9.17, 15) is 13.2 Å². The lowest BCUT2D eigenvalue weighted by Gasteiger charge is -2.25. The molecule has 0 radical (unpaired) electrons. The van der Waals surface area contributed by atoms with E-state index in [-0.39, 0.29) is 11.2 Å². The Hall–Kier alpha value is -0.610. The van der Waals surface area contributed by atoms with Crippen LogP contribution in [0.15, 0.2) is 24.3 Å². The molecule has 1 aromatic carbocycles. The monoisotopic (exact) mass is 354 g/mol. The Morgan fingerprint density at radius 1 is 1.18 bits per heavy atom. The molecule has 0 amide bonds. The summed E-state index contributed by atoms with van der Waals surface area (Å²) in [6, 6.07) is 6.03. The van der Waals surface area contributed by atoms with Crippen LogP contribution in [0.3, 0.4) is 0 Å². The van der Waals surface area contributed by atoms with Crippen LogP contribution in [0.1, 0.15) is 38.7 Å². The van der Waals surface area contributed by atoms with Gasteiger partial charge in [0.25, 0.3) is 0 Å². The van der Waals surface area contributed by atoms with Crippen molar-refractivity contribution in [1.29, 1.82) is 0 Å². The van der Waals surface area contributed by atoms with E-state index in [0.717, 1.165) is 31.2 Å². The fourth-order valence-electron chi connectivity index (χ4n) is 2.60. The molecule has 1 unspecified atom stereocenters. The molecule has 0 aliphatic heterocycles. The van der Waals surface area contributed by atoms with Gasteiger partial charge in [0.15, 0.2) is 0 Å². The predicted octanol–water partition coefficient (Wildman–Crippen LogP) is 6.13. The minimum Gasteiger partial charge on any atom is -0.406 e. The molecule has 1 fully saturated rings. The maximum atomic E-state index is 12.1. The molecule has 1 atom stereocenters. The van der Waals surface area contributed by atoms with Crippen molar-refractivity contribution in [2.45, 2.75) is 50.2 Å². The smallest absolute Gasteiger partial charge is 0.406 e. The Bertz CT molecular complexity index is 509. The highest BCUT2D eigenvalue weighted by Crippen LogP contribution is 2.57. The van der Waals surface area contributed by atoms with E-state index in [0.29, 0.717) is 5.92 Å². The van der Waals surface area contributed by atoms with Gasteiger partial charge in [-0.1, -0.05) is 26.0 Å². The second kappa shape index (κ2) is 6.12. The van der Waals surface area contributed by atoms with Gasteiger partial charge in [0, 0.05) is 0 Å². The second-order valence-electron chi connectivity index (χ2n) is 6.72. The van der Waals surface area contributed by atoms with Crippen molar-refractivity contribution < 1.29 is 17.9 Å². The van der Waals surface area contributed by atoms with Crippen LogP contribution < -0.4 is 4.74 Å². The maximum Gasteiger partial charge on any atom is 0.573 e. The van der Waals surface area contributed by atoms with Gasteiger partial charge >= 0.3 is 6.36 Å². The van der Waals surface area contributed by atoms with Gasteiger partial charge in [-0.2, -0.15) is 0 Å². The normalized spacial score (nSPS) is 20.8. The van der Waals surface area contributed by atoms with Crippen LogP contribution in [0.2, 0.25) is 0 Å². The van der Waals surface area contributed by atoms with Crippen molar-refractivity contribution in [2.24, 2.45) is 11.3 Å². The van der Waals surface area contributed by atoms with E-state index >= 15 is 0 Å². The molecule has 1 nitrogen and oxygen atoms in total. The van der Waals surface area contributed by atoms with Crippen LogP contribution in [0.25, 0.3) is 0 Å². The summed E-state index contributed by atoms with van der Waals surface area (Å²) in [7, 11) is 0. The molecule has 124 valence electrons. The van der Waals surface area contributed by atoms with E-state index < -0.39 is 10.7 Å². The van der Waals surface area contributed by atoms with Crippen molar-refractivity contribution in [3.05, 3.63) is 29.8 Å². The molecule has 1 aromatic rings. The number of aryl methyl sites for hydroxylation is 1. The van der Waals surface area contributed by atoms with Gasteiger partial charge in [-0.3, -0.25) is 0 Å². The number of benzene rings is 1. The van der Waals surface area contributed by atoms with Crippen LogP contribution in [-0.4, -0.2) is 10.7 Å². The molecule has 22 heavy (non-hydrogen) atoms. The van der Waals surface area contributed by atoms with Gasteiger partial charge in [0.2, 0.25) is 0 Å². The lowest BCUT2D eigenvalue weighted by atomic mass is 9.81. The Morgan fingerprint density at radius 3 is 2.18 bits per heavy atom. The maximum absolute atomic E-state index is 12.1. The number of alkyl halides is 5. The first-order valence-corrected chi connectivity index (χ1v) is 7.95. The zero-order chi connectivity index (χ0) is 16.6. The zero-order valence-electron chi connectivity index (χ0n) is 12.5. The zero-order valence-corrected chi connectivity index (χ0v) is 14.0. The fraction of sp³-hybridized carbons (Fsp3) is 0.625. The van der Waals surface area contributed by atoms with Gasteiger partial charge in [-0.15, -0.1) is 36.4 Å². The number of ether oxygens (including phenoxy) is 1. The molecule has 2 rings (SSSR count). The Kier molecular flexibility index (Phi) is 4.94. The van der Waals surface area contributed by atoms with E-state index in [1.165, 1.54) is 12.1 Å². The average molecular weight is 355 g/mol. The molecule has 1 saturated carbocycles. The summed E-state index contributed by atoms with van der Waals surface area (Å²) < 4.78 is 39.6. The predicted molar refractivity (Wildman–Crippen MR) is 82.4 cm³/mol. The number of rotatable bonds is 6. The van der Waals surface area contributed by atoms with E-state index in [4.69, 9.17) is 23.2 Å². The van der Waals surface area contributed by atoms with Gasteiger partial charge in [0.05, 0.1) is 0 Å². The van der Waals surface area contributed by atoms with E-state index in [1.807, 2.05) is 0 Å². The highest BCUT2D eigenvalue weighted by Gasteiger charge is 2.52. The summed E-state index contributed by atoms with van der Waals surface area (Å²) in [5.41, 5.74) is 1.08. The van der Waals surface area contributed by atoms with Crippen LogP contribution >= 0.6 is 23.2 Å².